The van der Waals surface area contributed by atoms with Crippen molar-refractivity contribution in [3.05, 3.63) is 114 Å². The van der Waals surface area contributed by atoms with Crippen LogP contribution in [0.25, 0.3) is 22.3 Å². The van der Waals surface area contributed by atoms with Crippen LogP contribution in [0.1, 0.15) is 50.7 Å². The zero-order chi connectivity index (χ0) is 26.7. The summed E-state index contributed by atoms with van der Waals surface area (Å²) in [6.45, 7) is 8.98. The molecule has 0 atom stereocenters. The third kappa shape index (κ3) is 4.05. The molecule has 3 heteroatoms. The van der Waals surface area contributed by atoms with E-state index in [0.717, 1.165) is 39.6 Å². The van der Waals surface area contributed by atoms with Crippen LogP contribution in [0.3, 0.4) is 0 Å². The van der Waals surface area contributed by atoms with Crippen LogP contribution in [0.4, 0.5) is 0 Å². The highest BCUT2D eigenvalue weighted by Crippen LogP contribution is 2.37. The number of hydrogen-bond acceptors (Lipinski definition) is 2. The Morgan fingerprint density at radius 1 is 0.462 bits per heavy atom. The van der Waals surface area contributed by atoms with E-state index >= 15 is 0 Å². The molecule has 2 nitrogen and oxygen atoms in total. The summed E-state index contributed by atoms with van der Waals surface area (Å²) < 4.78 is 13.0. The normalized spacial score (nSPS) is 12.9. The maximum atomic E-state index is 6.51. The first-order chi connectivity index (χ1) is 19.0. The Morgan fingerprint density at radius 3 is 1.28 bits per heavy atom. The maximum Gasteiger partial charge on any atom is 0.260 e. The smallest absolute Gasteiger partial charge is 0.260 e. The van der Waals surface area contributed by atoms with Crippen LogP contribution in [0.2, 0.25) is 0 Å². The standard InChI is InChI=1S/C36H31BO2/c1-22(2)24-8-12-26(13-9-24)28-16-18-30-34(20-28)38-32-6-5-7-33-36(32)37(30)31-19-17-29(21-35(31)39-33)27-14-10-25(11-15-27)23(3)4/h5-23H,1-4H3. The Bertz CT molecular complexity index is 1580. The Kier molecular flexibility index (Phi) is 5.63. The van der Waals surface area contributed by atoms with Crippen molar-refractivity contribution in [3.8, 4) is 45.3 Å². The van der Waals surface area contributed by atoms with Gasteiger partial charge in [0.25, 0.3) is 6.71 Å². The van der Waals surface area contributed by atoms with Crippen molar-refractivity contribution in [2.24, 2.45) is 0 Å². The molecule has 0 saturated heterocycles. The molecule has 7 rings (SSSR count). The highest BCUT2D eigenvalue weighted by molar-refractivity contribution is 6.98. The van der Waals surface area contributed by atoms with Crippen LogP contribution in [-0.2, 0) is 0 Å². The second kappa shape index (κ2) is 9.20. The summed E-state index contributed by atoms with van der Waals surface area (Å²) in [6.07, 6.45) is 0. The summed E-state index contributed by atoms with van der Waals surface area (Å²) in [6, 6.07) is 37.2. The van der Waals surface area contributed by atoms with Crippen molar-refractivity contribution in [2.75, 3.05) is 0 Å². The summed E-state index contributed by atoms with van der Waals surface area (Å²) >= 11 is 0. The van der Waals surface area contributed by atoms with Crippen molar-refractivity contribution in [2.45, 2.75) is 39.5 Å². The van der Waals surface area contributed by atoms with E-state index in [9.17, 15) is 0 Å². The molecule has 190 valence electrons. The van der Waals surface area contributed by atoms with Crippen LogP contribution in [0, 0.1) is 0 Å². The van der Waals surface area contributed by atoms with Crippen molar-refractivity contribution < 1.29 is 9.47 Å². The molecule has 0 unspecified atom stereocenters. The van der Waals surface area contributed by atoms with E-state index in [0.29, 0.717) is 11.8 Å². The van der Waals surface area contributed by atoms with Crippen LogP contribution in [-0.4, -0.2) is 6.71 Å². The third-order valence-corrected chi connectivity index (χ3v) is 8.23. The van der Waals surface area contributed by atoms with E-state index in [2.05, 4.69) is 125 Å². The first-order valence-corrected chi connectivity index (χ1v) is 13.9. The molecule has 39 heavy (non-hydrogen) atoms. The third-order valence-electron chi connectivity index (χ3n) is 8.23. The summed E-state index contributed by atoms with van der Waals surface area (Å²) in [7, 11) is 0. The monoisotopic (exact) mass is 506 g/mol. The fourth-order valence-corrected chi connectivity index (χ4v) is 5.90. The van der Waals surface area contributed by atoms with Crippen molar-refractivity contribution in [1.29, 1.82) is 0 Å². The molecule has 0 amide bonds. The van der Waals surface area contributed by atoms with E-state index in [4.69, 9.17) is 9.47 Å². The minimum atomic E-state index is 0.0680. The molecule has 0 radical (unpaired) electrons. The van der Waals surface area contributed by atoms with E-state index in [1.54, 1.807) is 0 Å². The van der Waals surface area contributed by atoms with Gasteiger partial charge in [0.2, 0.25) is 0 Å². The van der Waals surface area contributed by atoms with Gasteiger partial charge in [0.05, 0.1) is 0 Å². The molecule has 0 spiro atoms. The topological polar surface area (TPSA) is 18.5 Å². The second-order valence-corrected chi connectivity index (χ2v) is 11.4. The van der Waals surface area contributed by atoms with Gasteiger partial charge in [0.15, 0.2) is 0 Å². The maximum absolute atomic E-state index is 6.51. The van der Waals surface area contributed by atoms with Gasteiger partial charge in [-0.25, -0.2) is 0 Å². The summed E-state index contributed by atoms with van der Waals surface area (Å²) in [5.74, 6) is 4.61. The van der Waals surface area contributed by atoms with E-state index in [1.165, 1.54) is 33.2 Å². The minimum absolute atomic E-state index is 0.0680. The molecule has 2 heterocycles. The lowest BCUT2D eigenvalue weighted by Gasteiger charge is -2.33. The Labute approximate surface area is 231 Å². The Hall–Kier alpha value is -4.24. The van der Waals surface area contributed by atoms with Gasteiger partial charge in [0, 0.05) is 5.46 Å². The lowest BCUT2D eigenvalue weighted by Crippen LogP contribution is -2.57. The lowest BCUT2D eigenvalue weighted by atomic mass is 9.35. The Balaban J connectivity index is 1.30. The molecule has 5 aromatic rings. The second-order valence-electron chi connectivity index (χ2n) is 11.4. The molecule has 2 aliphatic heterocycles. The first-order valence-electron chi connectivity index (χ1n) is 13.9. The molecular weight excluding hydrogens is 475 g/mol. The number of ether oxygens (including phenoxy) is 2. The summed E-state index contributed by atoms with van der Waals surface area (Å²) in [5, 5.41) is 0. The van der Waals surface area contributed by atoms with Crippen molar-refractivity contribution in [3.63, 3.8) is 0 Å². The SMILES string of the molecule is CC(C)c1ccc(-c2ccc3c(c2)Oc2cccc4c2B3c2ccc(-c3ccc(C(C)C)cc3)cc2O4)cc1. The molecule has 5 aromatic carbocycles. The molecule has 0 aliphatic carbocycles. The average Bonchev–Trinajstić information content (AvgIpc) is 2.96. The molecule has 0 N–H and O–H groups in total. The predicted molar refractivity (Wildman–Crippen MR) is 163 cm³/mol. The molecule has 0 saturated carbocycles. The highest BCUT2D eigenvalue weighted by atomic mass is 16.5. The number of rotatable bonds is 4. The predicted octanol–water partition coefficient (Wildman–Crippen LogP) is 8.00. The first kappa shape index (κ1) is 23.9. The van der Waals surface area contributed by atoms with E-state index < -0.39 is 0 Å². The molecule has 0 bridgehead atoms. The number of hydrogen-bond donors (Lipinski definition) is 0. The quantitative estimate of drug-likeness (QED) is 0.225. The fourth-order valence-electron chi connectivity index (χ4n) is 5.90. The molecular formula is C36H31BO2. The van der Waals surface area contributed by atoms with Crippen LogP contribution >= 0.6 is 0 Å². The van der Waals surface area contributed by atoms with Gasteiger partial charge >= 0.3 is 0 Å². The lowest BCUT2D eigenvalue weighted by molar-refractivity contribution is 0.464. The van der Waals surface area contributed by atoms with Gasteiger partial charge in [-0.1, -0.05) is 107 Å². The van der Waals surface area contributed by atoms with Crippen molar-refractivity contribution >= 4 is 23.1 Å². The fraction of sp³-hybridized carbons (Fsp3) is 0.167. The molecule has 0 aromatic heterocycles. The summed E-state index contributed by atoms with van der Waals surface area (Å²) in [5.41, 5.74) is 10.9. The van der Waals surface area contributed by atoms with Gasteiger partial charge in [-0.05, 0) is 80.4 Å². The number of fused-ring (bicyclic) bond motifs is 4. The van der Waals surface area contributed by atoms with E-state index in [1.807, 2.05) is 6.07 Å². The van der Waals surface area contributed by atoms with Gasteiger partial charge < -0.3 is 9.47 Å². The van der Waals surface area contributed by atoms with Gasteiger partial charge in [-0.15, -0.1) is 0 Å². The zero-order valence-electron chi connectivity index (χ0n) is 22.9. The van der Waals surface area contributed by atoms with Gasteiger partial charge in [-0.3, -0.25) is 0 Å². The Morgan fingerprint density at radius 2 is 0.872 bits per heavy atom. The van der Waals surface area contributed by atoms with Crippen molar-refractivity contribution in [1.82, 2.24) is 0 Å². The zero-order valence-corrected chi connectivity index (χ0v) is 22.9. The van der Waals surface area contributed by atoms with Crippen LogP contribution in [0.15, 0.2) is 103 Å². The number of benzene rings is 5. The van der Waals surface area contributed by atoms with Gasteiger partial charge in [-0.2, -0.15) is 0 Å². The van der Waals surface area contributed by atoms with E-state index in [-0.39, 0.29) is 6.71 Å². The van der Waals surface area contributed by atoms with Crippen LogP contribution < -0.4 is 25.9 Å². The highest BCUT2D eigenvalue weighted by Gasteiger charge is 2.40. The largest absolute Gasteiger partial charge is 0.458 e. The van der Waals surface area contributed by atoms with Gasteiger partial charge in [0.1, 0.15) is 23.0 Å². The molecule has 0 fully saturated rings. The average molecular weight is 506 g/mol. The summed E-state index contributed by atoms with van der Waals surface area (Å²) in [4.78, 5) is 0. The minimum Gasteiger partial charge on any atom is -0.458 e. The molecule has 2 aliphatic rings. The van der Waals surface area contributed by atoms with Crippen LogP contribution in [0.5, 0.6) is 23.0 Å².